The molecule has 0 aliphatic carbocycles. The van der Waals surface area contributed by atoms with Crippen LogP contribution in [0, 0.1) is 17.0 Å². The van der Waals surface area contributed by atoms with Gasteiger partial charge in [0.2, 0.25) is 0 Å². The van der Waals surface area contributed by atoms with Gasteiger partial charge in [0.1, 0.15) is 11.8 Å². The molecule has 0 saturated carbocycles. The van der Waals surface area contributed by atoms with Crippen LogP contribution < -0.4 is 10.5 Å². The van der Waals surface area contributed by atoms with E-state index in [0.29, 0.717) is 30.9 Å². The summed E-state index contributed by atoms with van der Waals surface area (Å²) in [5.41, 5.74) is 2.57. The van der Waals surface area contributed by atoms with Crippen LogP contribution in [0.3, 0.4) is 0 Å². The maximum atomic E-state index is 12.0. The van der Waals surface area contributed by atoms with E-state index in [4.69, 9.17) is 4.74 Å². The third-order valence-electron chi connectivity index (χ3n) is 4.88. The van der Waals surface area contributed by atoms with Crippen LogP contribution in [0.1, 0.15) is 17.2 Å². The summed E-state index contributed by atoms with van der Waals surface area (Å²) in [6.07, 6.45) is 1.12. The molecule has 0 bridgehead atoms. The number of fused-ring (bicyclic) bond motifs is 1. The van der Waals surface area contributed by atoms with Gasteiger partial charge in [-0.05, 0) is 24.1 Å². The first-order chi connectivity index (χ1) is 13.0. The fourth-order valence-electron chi connectivity index (χ4n) is 3.50. The zero-order valence-corrected chi connectivity index (χ0v) is 14.7. The lowest BCUT2D eigenvalue weighted by Gasteiger charge is -2.35. The molecular weight excluding hydrogens is 348 g/mol. The zero-order chi connectivity index (χ0) is 19.0. The van der Waals surface area contributed by atoms with Gasteiger partial charge in [-0.1, -0.05) is 24.3 Å². The standard InChI is InChI=1S/C19H18N4O4/c1-12-4-2-3-5-13(12)18-10-22(6-7-27-18)16-9-15-14(8-17(16)23(25)26)19(24)21-11-20-15/h2-5,8-9,11,18H,6-7,10H2,1H3,(H,20,21,24). The minimum absolute atomic E-state index is 0.105. The molecule has 0 amide bonds. The number of rotatable bonds is 3. The van der Waals surface area contributed by atoms with Gasteiger partial charge in [0.25, 0.3) is 11.2 Å². The summed E-state index contributed by atoms with van der Waals surface area (Å²) in [5, 5.41) is 11.8. The summed E-state index contributed by atoms with van der Waals surface area (Å²) in [6.45, 7) is 3.49. The van der Waals surface area contributed by atoms with E-state index < -0.39 is 10.5 Å². The van der Waals surface area contributed by atoms with E-state index in [1.165, 1.54) is 12.4 Å². The molecule has 1 aliphatic rings. The second-order valence-electron chi connectivity index (χ2n) is 6.51. The minimum Gasteiger partial charge on any atom is -0.370 e. The third-order valence-corrected chi connectivity index (χ3v) is 4.88. The quantitative estimate of drug-likeness (QED) is 0.565. The number of anilines is 1. The van der Waals surface area contributed by atoms with Gasteiger partial charge < -0.3 is 14.6 Å². The number of aryl methyl sites for hydroxylation is 1. The molecule has 2 heterocycles. The van der Waals surface area contributed by atoms with E-state index in [1.54, 1.807) is 6.07 Å². The molecule has 8 nitrogen and oxygen atoms in total. The normalized spacial score (nSPS) is 17.2. The van der Waals surface area contributed by atoms with Crippen molar-refractivity contribution in [3.8, 4) is 0 Å². The number of aromatic nitrogens is 2. The number of ether oxygens (including phenoxy) is 1. The Morgan fingerprint density at radius 2 is 2.15 bits per heavy atom. The highest BCUT2D eigenvalue weighted by molar-refractivity contribution is 5.87. The van der Waals surface area contributed by atoms with E-state index >= 15 is 0 Å². The van der Waals surface area contributed by atoms with Crippen molar-refractivity contribution in [2.75, 3.05) is 24.6 Å². The summed E-state index contributed by atoms with van der Waals surface area (Å²) in [4.78, 5) is 31.7. The number of hydrogen-bond donors (Lipinski definition) is 1. The summed E-state index contributed by atoms with van der Waals surface area (Å²) in [5.74, 6) is 0. The molecule has 1 aliphatic heterocycles. The predicted molar refractivity (Wildman–Crippen MR) is 101 cm³/mol. The Hall–Kier alpha value is -3.26. The lowest BCUT2D eigenvalue weighted by Crippen LogP contribution is -2.39. The highest BCUT2D eigenvalue weighted by atomic mass is 16.6. The van der Waals surface area contributed by atoms with Crippen LogP contribution >= 0.6 is 0 Å². The molecule has 138 valence electrons. The van der Waals surface area contributed by atoms with Crippen LogP contribution in [0.5, 0.6) is 0 Å². The highest BCUT2D eigenvalue weighted by Crippen LogP contribution is 2.35. The number of nitro benzene ring substituents is 1. The van der Waals surface area contributed by atoms with Gasteiger partial charge in [0, 0.05) is 19.2 Å². The lowest BCUT2D eigenvalue weighted by atomic mass is 10.0. The number of H-pyrrole nitrogens is 1. The van der Waals surface area contributed by atoms with Crippen molar-refractivity contribution in [3.05, 3.63) is 74.3 Å². The first kappa shape index (κ1) is 17.2. The van der Waals surface area contributed by atoms with Crippen molar-refractivity contribution in [1.29, 1.82) is 0 Å². The smallest absolute Gasteiger partial charge is 0.293 e. The van der Waals surface area contributed by atoms with E-state index in [-0.39, 0.29) is 17.2 Å². The monoisotopic (exact) mass is 366 g/mol. The third kappa shape index (κ3) is 3.15. The molecule has 27 heavy (non-hydrogen) atoms. The first-order valence-electron chi connectivity index (χ1n) is 8.62. The molecule has 1 atom stereocenters. The Morgan fingerprint density at radius 1 is 1.33 bits per heavy atom. The number of benzene rings is 2. The fourth-order valence-corrected chi connectivity index (χ4v) is 3.50. The van der Waals surface area contributed by atoms with Gasteiger partial charge >= 0.3 is 0 Å². The molecule has 1 fully saturated rings. The number of aromatic amines is 1. The van der Waals surface area contributed by atoms with Gasteiger partial charge in [-0.15, -0.1) is 0 Å². The largest absolute Gasteiger partial charge is 0.370 e. The topological polar surface area (TPSA) is 101 Å². The Morgan fingerprint density at radius 3 is 2.93 bits per heavy atom. The predicted octanol–water partition coefficient (Wildman–Crippen LogP) is 2.72. The Labute approximate surface area is 154 Å². The number of nitrogens with zero attached hydrogens (tertiary/aromatic N) is 3. The SMILES string of the molecule is Cc1ccccc1C1CN(c2cc3nc[nH]c(=O)c3cc2[N+](=O)[O-])CCO1. The molecular formula is C19H18N4O4. The van der Waals surface area contributed by atoms with Crippen molar-refractivity contribution in [2.24, 2.45) is 0 Å². The molecule has 3 aromatic rings. The van der Waals surface area contributed by atoms with Crippen LogP contribution in [-0.2, 0) is 4.74 Å². The molecule has 1 saturated heterocycles. The minimum atomic E-state index is -0.459. The number of morpholine rings is 1. The second kappa shape index (κ2) is 6.81. The van der Waals surface area contributed by atoms with E-state index in [2.05, 4.69) is 9.97 Å². The van der Waals surface area contributed by atoms with E-state index in [0.717, 1.165) is 11.1 Å². The molecule has 8 heteroatoms. The van der Waals surface area contributed by atoms with E-state index in [9.17, 15) is 14.9 Å². The molecule has 0 spiro atoms. The maximum absolute atomic E-state index is 12.0. The summed E-state index contributed by atoms with van der Waals surface area (Å²) in [6, 6.07) is 10.9. The number of nitrogens with one attached hydrogen (secondary N) is 1. The maximum Gasteiger partial charge on any atom is 0.293 e. The molecule has 0 radical (unpaired) electrons. The highest BCUT2D eigenvalue weighted by Gasteiger charge is 2.28. The van der Waals surface area contributed by atoms with E-state index in [1.807, 2.05) is 36.1 Å². The Kier molecular flexibility index (Phi) is 4.33. The molecule has 4 rings (SSSR count). The summed E-state index contributed by atoms with van der Waals surface area (Å²) in [7, 11) is 0. The second-order valence-corrected chi connectivity index (χ2v) is 6.51. The van der Waals surface area contributed by atoms with Gasteiger partial charge in [0.15, 0.2) is 0 Å². The van der Waals surface area contributed by atoms with Gasteiger partial charge in [-0.3, -0.25) is 14.9 Å². The first-order valence-corrected chi connectivity index (χ1v) is 8.62. The van der Waals surface area contributed by atoms with Crippen LogP contribution in [-0.4, -0.2) is 34.6 Å². The molecule has 1 N–H and O–H groups in total. The Balaban J connectivity index is 1.77. The van der Waals surface area contributed by atoms with Crippen LogP contribution in [0.15, 0.2) is 47.5 Å². The van der Waals surface area contributed by atoms with Crippen molar-refractivity contribution in [2.45, 2.75) is 13.0 Å². The van der Waals surface area contributed by atoms with Crippen molar-refractivity contribution >= 4 is 22.3 Å². The molecule has 1 aromatic heterocycles. The van der Waals surface area contributed by atoms with Crippen molar-refractivity contribution < 1.29 is 9.66 Å². The number of nitro groups is 1. The fraction of sp³-hybridized carbons (Fsp3) is 0.263. The van der Waals surface area contributed by atoms with Crippen LogP contribution in [0.4, 0.5) is 11.4 Å². The van der Waals surface area contributed by atoms with Gasteiger partial charge in [-0.2, -0.15) is 0 Å². The lowest BCUT2D eigenvalue weighted by molar-refractivity contribution is -0.384. The van der Waals surface area contributed by atoms with Crippen molar-refractivity contribution in [1.82, 2.24) is 9.97 Å². The Bertz CT molecular complexity index is 1080. The average molecular weight is 366 g/mol. The molecule has 1 unspecified atom stereocenters. The molecule has 2 aromatic carbocycles. The van der Waals surface area contributed by atoms with Crippen LogP contribution in [0.2, 0.25) is 0 Å². The summed E-state index contributed by atoms with van der Waals surface area (Å²) >= 11 is 0. The summed E-state index contributed by atoms with van der Waals surface area (Å²) < 4.78 is 5.92. The van der Waals surface area contributed by atoms with Crippen LogP contribution in [0.25, 0.3) is 10.9 Å². The number of hydrogen-bond acceptors (Lipinski definition) is 6. The van der Waals surface area contributed by atoms with Gasteiger partial charge in [0.05, 0.1) is 28.8 Å². The van der Waals surface area contributed by atoms with Crippen molar-refractivity contribution in [3.63, 3.8) is 0 Å². The van der Waals surface area contributed by atoms with Gasteiger partial charge in [-0.25, -0.2) is 4.98 Å². The zero-order valence-electron chi connectivity index (χ0n) is 14.7. The average Bonchev–Trinajstić information content (AvgIpc) is 2.68.